The van der Waals surface area contributed by atoms with E-state index in [1.807, 2.05) is 67.3 Å². The van der Waals surface area contributed by atoms with Gasteiger partial charge in [0.1, 0.15) is 0 Å². The molecule has 182 valence electrons. The zero-order valence-corrected chi connectivity index (χ0v) is 20.1. The third kappa shape index (κ3) is 4.84. The van der Waals surface area contributed by atoms with Gasteiger partial charge in [-0.05, 0) is 50.2 Å². The Morgan fingerprint density at radius 2 is 1.71 bits per heavy atom. The monoisotopic (exact) mass is 474 g/mol. The van der Waals surface area contributed by atoms with Crippen LogP contribution >= 0.6 is 0 Å². The Bertz CT molecular complexity index is 1180. The maximum absolute atomic E-state index is 12.6. The highest BCUT2D eigenvalue weighted by Crippen LogP contribution is 2.32. The van der Waals surface area contributed by atoms with Gasteiger partial charge in [0.15, 0.2) is 0 Å². The Labute approximate surface area is 204 Å². The molecule has 35 heavy (non-hydrogen) atoms. The highest BCUT2D eigenvalue weighted by atomic mass is 16.5. The number of benzene rings is 2. The van der Waals surface area contributed by atoms with Crippen LogP contribution in [0.25, 0.3) is 11.4 Å². The molecule has 0 aliphatic carbocycles. The number of urea groups is 1. The van der Waals surface area contributed by atoms with E-state index in [2.05, 4.69) is 20.4 Å². The minimum atomic E-state index is -0.120. The van der Waals surface area contributed by atoms with Crippen LogP contribution < -0.4 is 15.1 Å². The first kappa shape index (κ1) is 22.9. The van der Waals surface area contributed by atoms with E-state index in [0.29, 0.717) is 44.3 Å². The van der Waals surface area contributed by atoms with Gasteiger partial charge in [0, 0.05) is 62.6 Å². The van der Waals surface area contributed by atoms with Crippen molar-refractivity contribution >= 4 is 23.3 Å². The van der Waals surface area contributed by atoms with Crippen LogP contribution in [0.2, 0.25) is 0 Å². The van der Waals surface area contributed by atoms with Crippen molar-refractivity contribution in [2.75, 3.05) is 49.1 Å². The smallest absolute Gasteiger partial charge is 0.317 e. The number of anilines is 2. The van der Waals surface area contributed by atoms with E-state index < -0.39 is 0 Å². The molecule has 1 aromatic heterocycles. The van der Waals surface area contributed by atoms with Crippen molar-refractivity contribution in [3.05, 3.63) is 60.0 Å². The second kappa shape index (κ2) is 9.77. The van der Waals surface area contributed by atoms with Gasteiger partial charge in [-0.2, -0.15) is 4.98 Å². The Hall–Kier alpha value is -3.88. The molecule has 0 radical (unpaired) electrons. The van der Waals surface area contributed by atoms with Crippen molar-refractivity contribution in [3.8, 4) is 11.4 Å². The molecule has 9 heteroatoms. The standard InChI is InChI=1S/C26H30N6O3/c1-3-27-26(34)31-14-12-30(13-15-31)21-10-6-19(7-11-21)24-28-25(35-29-24)20-16-23(33)32(17-20)22-8-4-18(2)5-9-22/h4-11,20H,3,12-17H2,1-2H3,(H,27,34). The number of nitrogens with zero attached hydrogens (tertiary/aromatic N) is 5. The van der Waals surface area contributed by atoms with E-state index in [4.69, 9.17) is 4.52 Å². The van der Waals surface area contributed by atoms with Crippen LogP contribution in [0.1, 0.15) is 30.7 Å². The van der Waals surface area contributed by atoms with Gasteiger partial charge in [-0.1, -0.05) is 22.9 Å². The van der Waals surface area contributed by atoms with Crippen molar-refractivity contribution < 1.29 is 14.1 Å². The molecule has 2 aromatic carbocycles. The maximum Gasteiger partial charge on any atom is 0.317 e. The summed E-state index contributed by atoms with van der Waals surface area (Å²) in [5.74, 6) is 0.961. The van der Waals surface area contributed by atoms with Gasteiger partial charge < -0.3 is 24.5 Å². The van der Waals surface area contributed by atoms with E-state index >= 15 is 0 Å². The summed E-state index contributed by atoms with van der Waals surface area (Å²) in [4.78, 5) is 35.1. The summed E-state index contributed by atoms with van der Waals surface area (Å²) in [5.41, 5.74) is 4.02. The summed E-state index contributed by atoms with van der Waals surface area (Å²) < 4.78 is 5.56. The van der Waals surface area contributed by atoms with Crippen molar-refractivity contribution in [3.63, 3.8) is 0 Å². The third-order valence-corrected chi connectivity index (χ3v) is 6.65. The Balaban J connectivity index is 1.21. The van der Waals surface area contributed by atoms with Crippen LogP contribution in [0.3, 0.4) is 0 Å². The fraction of sp³-hybridized carbons (Fsp3) is 0.385. The van der Waals surface area contributed by atoms with Crippen molar-refractivity contribution in [2.24, 2.45) is 0 Å². The molecule has 1 unspecified atom stereocenters. The Morgan fingerprint density at radius 3 is 2.40 bits per heavy atom. The lowest BCUT2D eigenvalue weighted by Gasteiger charge is -2.36. The van der Waals surface area contributed by atoms with E-state index in [0.717, 1.165) is 35.6 Å². The molecular weight excluding hydrogens is 444 g/mol. The Kier molecular flexibility index (Phi) is 6.39. The van der Waals surface area contributed by atoms with Crippen molar-refractivity contribution in [2.45, 2.75) is 26.2 Å². The Morgan fingerprint density at radius 1 is 1.03 bits per heavy atom. The number of carbonyl (C=O) groups is 2. The number of rotatable bonds is 5. The second-order valence-corrected chi connectivity index (χ2v) is 9.05. The number of aromatic nitrogens is 2. The number of hydrogen-bond acceptors (Lipinski definition) is 6. The zero-order chi connectivity index (χ0) is 24.4. The molecule has 2 aliphatic rings. The number of aryl methyl sites for hydroxylation is 1. The molecule has 2 fully saturated rings. The molecule has 1 atom stereocenters. The van der Waals surface area contributed by atoms with Crippen molar-refractivity contribution in [1.29, 1.82) is 0 Å². The summed E-state index contributed by atoms with van der Waals surface area (Å²) in [6, 6.07) is 16.0. The molecule has 0 bridgehead atoms. The molecule has 1 N–H and O–H groups in total. The first-order valence-electron chi connectivity index (χ1n) is 12.1. The van der Waals surface area contributed by atoms with Crippen LogP contribution in [-0.4, -0.2) is 66.2 Å². The van der Waals surface area contributed by atoms with Crippen LogP contribution in [-0.2, 0) is 4.79 Å². The van der Waals surface area contributed by atoms with Gasteiger partial charge in [0.25, 0.3) is 0 Å². The molecular formula is C26H30N6O3. The van der Waals surface area contributed by atoms with Crippen molar-refractivity contribution in [1.82, 2.24) is 20.4 Å². The lowest BCUT2D eigenvalue weighted by Crippen LogP contribution is -2.51. The first-order valence-corrected chi connectivity index (χ1v) is 12.1. The van der Waals surface area contributed by atoms with E-state index in [1.54, 1.807) is 4.90 Å². The molecule has 5 rings (SSSR count). The quantitative estimate of drug-likeness (QED) is 0.609. The largest absolute Gasteiger partial charge is 0.368 e. The van der Waals surface area contributed by atoms with Gasteiger partial charge in [-0.25, -0.2) is 4.79 Å². The summed E-state index contributed by atoms with van der Waals surface area (Å²) in [6.07, 6.45) is 0.358. The van der Waals surface area contributed by atoms with E-state index in [-0.39, 0.29) is 17.9 Å². The minimum absolute atomic E-state index is 0.00126. The number of nitrogens with one attached hydrogen (secondary N) is 1. The van der Waals surface area contributed by atoms with Gasteiger partial charge in [-0.15, -0.1) is 0 Å². The average Bonchev–Trinajstić information content (AvgIpc) is 3.52. The molecule has 3 amide bonds. The second-order valence-electron chi connectivity index (χ2n) is 9.05. The SMILES string of the molecule is CCNC(=O)N1CCN(c2ccc(-c3noc(C4CC(=O)N(c5ccc(C)cc5)C4)n3)cc2)CC1. The predicted octanol–water partition coefficient (Wildman–Crippen LogP) is 3.42. The molecule has 0 spiro atoms. The molecule has 2 saturated heterocycles. The van der Waals surface area contributed by atoms with Gasteiger partial charge in [0.05, 0.1) is 5.92 Å². The normalized spacial score (nSPS) is 18.3. The van der Waals surface area contributed by atoms with Gasteiger partial charge in [-0.3, -0.25) is 4.79 Å². The maximum atomic E-state index is 12.6. The lowest BCUT2D eigenvalue weighted by atomic mass is 10.1. The highest BCUT2D eigenvalue weighted by molar-refractivity contribution is 5.96. The minimum Gasteiger partial charge on any atom is -0.368 e. The summed E-state index contributed by atoms with van der Waals surface area (Å²) in [6.45, 7) is 8.09. The van der Waals surface area contributed by atoms with E-state index in [9.17, 15) is 9.59 Å². The van der Waals surface area contributed by atoms with Crippen LogP contribution in [0.5, 0.6) is 0 Å². The topological polar surface area (TPSA) is 94.8 Å². The fourth-order valence-corrected chi connectivity index (χ4v) is 4.62. The summed E-state index contributed by atoms with van der Waals surface area (Å²) in [5, 5.41) is 7.03. The summed E-state index contributed by atoms with van der Waals surface area (Å²) >= 11 is 0. The third-order valence-electron chi connectivity index (χ3n) is 6.65. The molecule has 0 saturated carbocycles. The number of carbonyl (C=O) groups excluding carboxylic acids is 2. The average molecular weight is 475 g/mol. The fourth-order valence-electron chi connectivity index (χ4n) is 4.62. The number of piperazine rings is 1. The van der Waals surface area contributed by atoms with Crippen LogP contribution in [0.4, 0.5) is 16.2 Å². The first-order chi connectivity index (χ1) is 17.0. The van der Waals surface area contributed by atoms with Gasteiger partial charge >= 0.3 is 6.03 Å². The number of amides is 3. The number of hydrogen-bond donors (Lipinski definition) is 1. The lowest BCUT2D eigenvalue weighted by molar-refractivity contribution is -0.117. The molecule has 3 aromatic rings. The molecule has 3 heterocycles. The van der Waals surface area contributed by atoms with Gasteiger partial charge in [0.2, 0.25) is 17.6 Å². The highest BCUT2D eigenvalue weighted by Gasteiger charge is 2.35. The zero-order valence-electron chi connectivity index (χ0n) is 20.1. The molecule has 9 nitrogen and oxygen atoms in total. The van der Waals surface area contributed by atoms with Crippen LogP contribution in [0.15, 0.2) is 53.1 Å². The molecule has 2 aliphatic heterocycles. The van der Waals surface area contributed by atoms with Crippen LogP contribution in [0, 0.1) is 6.92 Å². The van der Waals surface area contributed by atoms with E-state index in [1.165, 1.54) is 0 Å². The summed E-state index contributed by atoms with van der Waals surface area (Å²) in [7, 11) is 0. The predicted molar refractivity (Wildman–Crippen MR) is 133 cm³/mol.